The fraction of sp³-hybridized carbons (Fsp3) is 0.371. The standard InChI is InChI=1S/C35H43N5O2/c1-4-27-16-15-26(21-28(27)5-2)22-37-35(42)34(25(3)31-23-36-32-14-10-9-13-30(31)32)38-33(41)24-39-17-19-40(20-18-39)29-11-7-6-8-12-29/h6-16,21,23,25,34,36H,4-5,17-20,22,24H2,1-3H3,(H,37,42)(H,38,41). The number of hydrogen-bond acceptors (Lipinski definition) is 4. The van der Waals surface area contributed by atoms with Crippen LogP contribution >= 0.6 is 0 Å². The SMILES string of the molecule is CCc1ccc(CNC(=O)C(NC(=O)CN2CCN(c3ccccc3)CC2)C(C)c2c[nH]c3ccccc23)cc1CC. The molecule has 1 aromatic heterocycles. The first-order chi connectivity index (χ1) is 20.5. The van der Waals surface area contributed by atoms with Gasteiger partial charge in [-0.15, -0.1) is 0 Å². The minimum Gasteiger partial charge on any atom is -0.369 e. The van der Waals surface area contributed by atoms with E-state index in [0.717, 1.165) is 61.1 Å². The summed E-state index contributed by atoms with van der Waals surface area (Å²) in [6, 6.07) is 24.2. The summed E-state index contributed by atoms with van der Waals surface area (Å²) in [6.07, 6.45) is 3.91. The number of fused-ring (bicyclic) bond motifs is 1. The van der Waals surface area contributed by atoms with Gasteiger partial charge in [0, 0.05) is 61.4 Å². The zero-order valence-electron chi connectivity index (χ0n) is 25.0. The molecule has 2 atom stereocenters. The molecule has 5 rings (SSSR count). The topological polar surface area (TPSA) is 80.5 Å². The molecule has 7 nitrogen and oxygen atoms in total. The lowest BCUT2D eigenvalue weighted by Gasteiger charge is -2.36. The Bertz CT molecular complexity index is 1490. The Labute approximate surface area is 249 Å². The van der Waals surface area contributed by atoms with Gasteiger partial charge in [0.05, 0.1) is 6.54 Å². The lowest BCUT2D eigenvalue weighted by molar-refractivity contribution is -0.130. The number of benzene rings is 3. The summed E-state index contributed by atoms with van der Waals surface area (Å²) < 4.78 is 0. The van der Waals surface area contributed by atoms with Crippen molar-refractivity contribution in [2.75, 3.05) is 37.6 Å². The molecule has 0 spiro atoms. The highest BCUT2D eigenvalue weighted by atomic mass is 16.2. The number of H-pyrrole nitrogens is 1. The fourth-order valence-corrected chi connectivity index (χ4v) is 6.06. The third-order valence-corrected chi connectivity index (χ3v) is 8.57. The Morgan fingerprint density at radius 3 is 2.33 bits per heavy atom. The summed E-state index contributed by atoms with van der Waals surface area (Å²) >= 11 is 0. The van der Waals surface area contributed by atoms with E-state index in [9.17, 15) is 9.59 Å². The van der Waals surface area contributed by atoms with Gasteiger partial charge in [-0.3, -0.25) is 14.5 Å². The van der Waals surface area contributed by atoms with Crippen LogP contribution < -0.4 is 15.5 Å². The number of aromatic nitrogens is 1. The third-order valence-electron chi connectivity index (χ3n) is 8.57. The number of piperazine rings is 1. The van der Waals surface area contributed by atoms with Crippen LogP contribution in [-0.4, -0.2) is 60.5 Å². The molecule has 3 N–H and O–H groups in total. The number of para-hydroxylation sites is 2. The minimum atomic E-state index is -0.706. The van der Waals surface area contributed by atoms with Crippen molar-refractivity contribution >= 4 is 28.4 Å². The Hall–Kier alpha value is -4.10. The number of carbonyl (C=O) groups is 2. The highest BCUT2D eigenvalue weighted by Crippen LogP contribution is 2.28. The molecule has 1 aliphatic heterocycles. The Morgan fingerprint density at radius 1 is 0.881 bits per heavy atom. The molecule has 7 heteroatoms. The van der Waals surface area contributed by atoms with Gasteiger partial charge in [0.15, 0.2) is 0 Å². The highest BCUT2D eigenvalue weighted by molar-refractivity contribution is 5.91. The first-order valence-electron chi connectivity index (χ1n) is 15.2. The maximum atomic E-state index is 13.7. The van der Waals surface area contributed by atoms with Crippen molar-refractivity contribution in [3.63, 3.8) is 0 Å². The van der Waals surface area contributed by atoms with Crippen LogP contribution in [0.4, 0.5) is 5.69 Å². The van der Waals surface area contributed by atoms with Crippen molar-refractivity contribution in [2.45, 2.75) is 52.1 Å². The molecule has 4 aromatic rings. The van der Waals surface area contributed by atoms with E-state index >= 15 is 0 Å². The van der Waals surface area contributed by atoms with E-state index in [0.29, 0.717) is 6.54 Å². The van der Waals surface area contributed by atoms with E-state index in [1.807, 2.05) is 37.4 Å². The highest BCUT2D eigenvalue weighted by Gasteiger charge is 2.30. The van der Waals surface area contributed by atoms with Gasteiger partial charge in [-0.1, -0.05) is 75.4 Å². The van der Waals surface area contributed by atoms with Crippen LogP contribution in [0.2, 0.25) is 0 Å². The number of rotatable bonds is 11. The van der Waals surface area contributed by atoms with Crippen molar-refractivity contribution in [1.82, 2.24) is 20.5 Å². The number of nitrogens with one attached hydrogen (secondary N) is 3. The predicted molar refractivity (Wildman–Crippen MR) is 171 cm³/mol. The molecule has 0 aliphatic carbocycles. The molecule has 2 heterocycles. The van der Waals surface area contributed by atoms with Crippen molar-refractivity contribution in [2.24, 2.45) is 0 Å². The van der Waals surface area contributed by atoms with E-state index < -0.39 is 6.04 Å². The smallest absolute Gasteiger partial charge is 0.243 e. The normalized spacial score (nSPS) is 15.4. The average molecular weight is 566 g/mol. The molecule has 0 bridgehead atoms. The minimum absolute atomic E-state index is 0.129. The zero-order valence-corrected chi connectivity index (χ0v) is 25.0. The summed E-state index contributed by atoms with van der Waals surface area (Å²) in [6.45, 7) is 10.4. The second-order valence-corrected chi connectivity index (χ2v) is 11.3. The van der Waals surface area contributed by atoms with Gasteiger partial charge in [0.2, 0.25) is 11.8 Å². The molecule has 3 aromatic carbocycles. The number of amides is 2. The Morgan fingerprint density at radius 2 is 1.60 bits per heavy atom. The van der Waals surface area contributed by atoms with Gasteiger partial charge in [0.1, 0.15) is 6.04 Å². The van der Waals surface area contributed by atoms with E-state index in [4.69, 9.17) is 0 Å². The van der Waals surface area contributed by atoms with Gasteiger partial charge < -0.3 is 20.5 Å². The van der Waals surface area contributed by atoms with Crippen LogP contribution in [-0.2, 0) is 29.0 Å². The Balaban J connectivity index is 1.27. The maximum absolute atomic E-state index is 13.7. The van der Waals surface area contributed by atoms with Crippen LogP contribution in [0.25, 0.3) is 10.9 Å². The molecule has 1 saturated heterocycles. The van der Waals surface area contributed by atoms with Gasteiger partial charge in [-0.05, 0) is 53.3 Å². The number of hydrogen-bond donors (Lipinski definition) is 3. The molecule has 1 fully saturated rings. The molecular weight excluding hydrogens is 522 g/mol. The van der Waals surface area contributed by atoms with E-state index in [1.54, 1.807) is 0 Å². The number of anilines is 1. The lowest BCUT2D eigenvalue weighted by atomic mass is 9.92. The van der Waals surface area contributed by atoms with Gasteiger partial charge in [-0.2, -0.15) is 0 Å². The van der Waals surface area contributed by atoms with E-state index in [1.165, 1.54) is 16.8 Å². The molecule has 1 aliphatic rings. The molecule has 2 amide bonds. The second-order valence-electron chi connectivity index (χ2n) is 11.3. The fourth-order valence-electron chi connectivity index (χ4n) is 6.06. The zero-order chi connectivity index (χ0) is 29.5. The molecule has 2 unspecified atom stereocenters. The summed E-state index contributed by atoms with van der Waals surface area (Å²) in [5.41, 5.74) is 6.97. The quantitative estimate of drug-likeness (QED) is 0.239. The van der Waals surface area contributed by atoms with Gasteiger partial charge >= 0.3 is 0 Å². The number of aromatic amines is 1. The van der Waals surface area contributed by atoms with Crippen LogP contribution in [0, 0.1) is 0 Å². The lowest BCUT2D eigenvalue weighted by Crippen LogP contribution is -2.54. The second kappa shape index (κ2) is 13.7. The van der Waals surface area contributed by atoms with Crippen molar-refractivity contribution in [3.8, 4) is 0 Å². The molecule has 0 saturated carbocycles. The number of aryl methyl sites for hydroxylation is 2. The van der Waals surface area contributed by atoms with Crippen LogP contribution in [0.3, 0.4) is 0 Å². The molecule has 220 valence electrons. The Kier molecular flexibility index (Phi) is 9.59. The average Bonchev–Trinajstić information content (AvgIpc) is 3.47. The monoisotopic (exact) mass is 565 g/mol. The summed E-state index contributed by atoms with van der Waals surface area (Å²) in [7, 11) is 0. The summed E-state index contributed by atoms with van der Waals surface area (Å²) in [5.74, 6) is -0.531. The molecule has 0 radical (unpaired) electrons. The van der Waals surface area contributed by atoms with Gasteiger partial charge in [0.25, 0.3) is 0 Å². The van der Waals surface area contributed by atoms with Crippen LogP contribution in [0.15, 0.2) is 79.0 Å². The maximum Gasteiger partial charge on any atom is 0.243 e. The number of nitrogens with zero attached hydrogens (tertiary/aromatic N) is 2. The van der Waals surface area contributed by atoms with Crippen LogP contribution in [0.1, 0.15) is 48.9 Å². The third kappa shape index (κ3) is 6.85. The van der Waals surface area contributed by atoms with E-state index in [-0.39, 0.29) is 24.3 Å². The first-order valence-corrected chi connectivity index (χ1v) is 15.2. The summed E-state index contributed by atoms with van der Waals surface area (Å²) in [4.78, 5) is 35.0. The van der Waals surface area contributed by atoms with Crippen LogP contribution in [0.5, 0.6) is 0 Å². The van der Waals surface area contributed by atoms with Gasteiger partial charge in [-0.25, -0.2) is 0 Å². The van der Waals surface area contributed by atoms with E-state index in [2.05, 4.69) is 87.8 Å². The molecule has 42 heavy (non-hydrogen) atoms. The number of carbonyl (C=O) groups excluding carboxylic acids is 2. The first kappa shape index (κ1) is 29.4. The predicted octanol–water partition coefficient (Wildman–Crippen LogP) is 5.02. The molecular formula is C35H43N5O2. The van der Waals surface area contributed by atoms with Crippen molar-refractivity contribution in [1.29, 1.82) is 0 Å². The van der Waals surface area contributed by atoms with Crippen molar-refractivity contribution < 1.29 is 9.59 Å². The summed E-state index contributed by atoms with van der Waals surface area (Å²) in [5, 5.41) is 7.31. The van der Waals surface area contributed by atoms with Crippen molar-refractivity contribution in [3.05, 3.63) is 101 Å². The largest absolute Gasteiger partial charge is 0.369 e.